The highest BCUT2D eigenvalue weighted by Gasteiger charge is 2.28. The number of aromatic nitrogens is 3. The Labute approximate surface area is 170 Å². The molecule has 148 valence electrons. The van der Waals surface area contributed by atoms with Gasteiger partial charge in [0, 0.05) is 35.3 Å². The number of nitrogens with zero attached hydrogens (tertiary/aromatic N) is 3. The van der Waals surface area contributed by atoms with E-state index in [1.807, 2.05) is 12.2 Å². The lowest BCUT2D eigenvalue weighted by atomic mass is 9.92. The molecule has 0 bridgehead atoms. The summed E-state index contributed by atoms with van der Waals surface area (Å²) < 4.78 is 0. The van der Waals surface area contributed by atoms with Gasteiger partial charge in [0.05, 0.1) is 12.2 Å². The predicted molar refractivity (Wildman–Crippen MR) is 114 cm³/mol. The lowest BCUT2D eigenvalue weighted by Crippen LogP contribution is -2.44. The van der Waals surface area contributed by atoms with Gasteiger partial charge in [-0.25, -0.2) is 4.98 Å². The Kier molecular flexibility index (Phi) is 6.81. The molecule has 28 heavy (non-hydrogen) atoms. The maximum absolute atomic E-state index is 12.9. The SMILES string of the molecule is CCC=CN(CCC)C1C(NC(=O)c2csc(-c3cn[nH]c3)n2)=CC=CC1C. The van der Waals surface area contributed by atoms with E-state index >= 15 is 0 Å². The first kappa shape index (κ1) is 20.1. The van der Waals surface area contributed by atoms with Gasteiger partial charge in [-0.2, -0.15) is 5.10 Å². The molecule has 2 N–H and O–H groups in total. The normalized spacial score (nSPS) is 19.0. The van der Waals surface area contributed by atoms with Crippen LogP contribution in [-0.4, -0.2) is 38.6 Å². The van der Waals surface area contributed by atoms with Gasteiger partial charge in [0.2, 0.25) is 0 Å². The quantitative estimate of drug-likeness (QED) is 0.694. The average Bonchev–Trinajstić information content (AvgIpc) is 3.37. The first-order chi connectivity index (χ1) is 13.6. The van der Waals surface area contributed by atoms with E-state index in [4.69, 9.17) is 0 Å². The number of carbonyl (C=O) groups excluding carboxylic acids is 1. The zero-order chi connectivity index (χ0) is 19.9. The third kappa shape index (κ3) is 4.59. The minimum atomic E-state index is -0.180. The zero-order valence-electron chi connectivity index (χ0n) is 16.6. The lowest BCUT2D eigenvalue weighted by molar-refractivity contribution is 0.0951. The molecule has 7 heteroatoms. The maximum atomic E-state index is 12.9. The van der Waals surface area contributed by atoms with Crippen LogP contribution in [0.4, 0.5) is 0 Å². The molecule has 1 aliphatic carbocycles. The summed E-state index contributed by atoms with van der Waals surface area (Å²) in [7, 11) is 0. The van der Waals surface area contributed by atoms with Crippen LogP contribution in [-0.2, 0) is 0 Å². The second kappa shape index (κ2) is 9.50. The highest BCUT2D eigenvalue weighted by molar-refractivity contribution is 7.13. The average molecular weight is 398 g/mol. The summed E-state index contributed by atoms with van der Waals surface area (Å²) in [6, 6.07) is 0.101. The van der Waals surface area contributed by atoms with Gasteiger partial charge in [0.25, 0.3) is 5.91 Å². The van der Waals surface area contributed by atoms with E-state index < -0.39 is 0 Å². The summed E-state index contributed by atoms with van der Waals surface area (Å²) in [6.07, 6.45) is 16.0. The van der Waals surface area contributed by atoms with Crippen LogP contribution < -0.4 is 5.32 Å². The number of nitrogens with one attached hydrogen (secondary N) is 2. The second-order valence-corrected chi connectivity index (χ2v) is 7.68. The molecule has 2 atom stereocenters. The molecule has 1 aliphatic rings. The summed E-state index contributed by atoms with van der Waals surface area (Å²) >= 11 is 1.44. The van der Waals surface area contributed by atoms with Crippen molar-refractivity contribution < 1.29 is 4.79 Å². The lowest BCUT2D eigenvalue weighted by Gasteiger charge is -2.37. The zero-order valence-corrected chi connectivity index (χ0v) is 17.4. The van der Waals surface area contributed by atoms with Gasteiger partial charge in [-0.05, 0) is 25.1 Å². The molecule has 0 radical (unpaired) electrons. The van der Waals surface area contributed by atoms with Crippen molar-refractivity contribution in [1.82, 2.24) is 25.4 Å². The number of H-pyrrole nitrogens is 1. The van der Waals surface area contributed by atoms with Crippen molar-refractivity contribution in [2.45, 2.75) is 39.7 Å². The van der Waals surface area contributed by atoms with Crippen molar-refractivity contribution >= 4 is 17.2 Å². The van der Waals surface area contributed by atoms with Crippen LogP contribution in [0.3, 0.4) is 0 Å². The molecular weight excluding hydrogens is 370 g/mol. The summed E-state index contributed by atoms with van der Waals surface area (Å²) in [6.45, 7) is 7.42. The van der Waals surface area contributed by atoms with E-state index in [-0.39, 0.29) is 11.9 Å². The molecule has 6 nitrogen and oxygen atoms in total. The Morgan fingerprint density at radius 2 is 2.29 bits per heavy atom. The Balaban J connectivity index is 1.78. The first-order valence-corrected chi connectivity index (χ1v) is 10.6. The number of rotatable bonds is 8. The fourth-order valence-corrected chi connectivity index (χ4v) is 4.08. The minimum absolute atomic E-state index is 0.101. The summed E-state index contributed by atoms with van der Waals surface area (Å²) in [4.78, 5) is 19.6. The monoisotopic (exact) mass is 397 g/mol. The van der Waals surface area contributed by atoms with Crippen molar-refractivity contribution in [1.29, 1.82) is 0 Å². The molecule has 1 amide bonds. The van der Waals surface area contributed by atoms with E-state index in [1.165, 1.54) is 11.3 Å². The van der Waals surface area contributed by atoms with Gasteiger partial charge in [-0.1, -0.05) is 39.0 Å². The largest absolute Gasteiger partial charge is 0.369 e. The van der Waals surface area contributed by atoms with Crippen LogP contribution in [0.2, 0.25) is 0 Å². The second-order valence-electron chi connectivity index (χ2n) is 6.82. The third-order valence-corrected chi connectivity index (χ3v) is 5.51. The van der Waals surface area contributed by atoms with Gasteiger partial charge in [0.15, 0.2) is 0 Å². The molecule has 0 aromatic carbocycles. The molecular formula is C21H27N5OS. The van der Waals surface area contributed by atoms with Crippen LogP contribution in [0.5, 0.6) is 0 Å². The van der Waals surface area contributed by atoms with Crippen LogP contribution in [0.15, 0.2) is 54.0 Å². The highest BCUT2D eigenvalue weighted by Crippen LogP contribution is 2.26. The van der Waals surface area contributed by atoms with Crippen molar-refractivity contribution in [2.24, 2.45) is 5.92 Å². The summed E-state index contributed by atoms with van der Waals surface area (Å²) in [5, 5.41) is 12.4. The number of carbonyl (C=O) groups is 1. The van der Waals surface area contributed by atoms with E-state index in [2.05, 4.69) is 64.5 Å². The molecule has 2 unspecified atom stereocenters. The smallest absolute Gasteiger partial charge is 0.274 e. The van der Waals surface area contributed by atoms with E-state index in [9.17, 15) is 4.79 Å². The Hall–Kier alpha value is -2.67. The molecule has 0 aliphatic heterocycles. The molecule has 0 spiro atoms. The standard InChI is InChI=1S/C21H27N5OS/c1-4-6-11-26(10-5-2)19-15(3)8-7-9-17(19)24-20(27)18-14-28-21(25-18)16-12-22-23-13-16/h6-9,11-15,19H,4-5,10H2,1-3H3,(H,22,23)(H,24,27). The van der Waals surface area contributed by atoms with Crippen LogP contribution >= 0.6 is 11.3 Å². The number of aromatic amines is 1. The molecule has 0 saturated carbocycles. The van der Waals surface area contributed by atoms with E-state index in [0.29, 0.717) is 11.6 Å². The predicted octanol–water partition coefficient (Wildman–Crippen LogP) is 4.36. The van der Waals surface area contributed by atoms with Crippen molar-refractivity contribution in [3.63, 3.8) is 0 Å². The molecule has 2 heterocycles. The fourth-order valence-electron chi connectivity index (χ4n) is 3.30. The number of hydrogen-bond acceptors (Lipinski definition) is 5. The molecule has 0 fully saturated rings. The van der Waals surface area contributed by atoms with E-state index in [0.717, 1.165) is 35.7 Å². The molecule has 2 aromatic heterocycles. The number of hydrogen-bond donors (Lipinski definition) is 2. The van der Waals surface area contributed by atoms with Gasteiger partial charge in [0.1, 0.15) is 10.7 Å². The Morgan fingerprint density at radius 1 is 1.43 bits per heavy atom. The van der Waals surface area contributed by atoms with Gasteiger partial charge in [-0.3, -0.25) is 9.89 Å². The highest BCUT2D eigenvalue weighted by atomic mass is 32.1. The molecule has 3 rings (SSSR count). The van der Waals surface area contributed by atoms with Crippen molar-refractivity contribution in [3.05, 3.63) is 59.7 Å². The van der Waals surface area contributed by atoms with Gasteiger partial charge >= 0.3 is 0 Å². The van der Waals surface area contributed by atoms with E-state index in [1.54, 1.807) is 17.8 Å². The topological polar surface area (TPSA) is 73.9 Å². The van der Waals surface area contributed by atoms with Crippen LogP contribution in [0.1, 0.15) is 44.1 Å². The van der Waals surface area contributed by atoms with Gasteiger partial charge < -0.3 is 10.2 Å². The number of amides is 1. The Morgan fingerprint density at radius 3 is 3.00 bits per heavy atom. The first-order valence-electron chi connectivity index (χ1n) is 9.70. The van der Waals surface area contributed by atoms with Crippen molar-refractivity contribution in [3.8, 4) is 10.6 Å². The number of thiazole rings is 1. The summed E-state index contributed by atoms with van der Waals surface area (Å²) in [5.74, 6) is 0.117. The minimum Gasteiger partial charge on any atom is -0.369 e. The molecule has 2 aromatic rings. The van der Waals surface area contributed by atoms with Crippen LogP contribution in [0.25, 0.3) is 10.6 Å². The third-order valence-electron chi connectivity index (χ3n) is 4.62. The maximum Gasteiger partial charge on any atom is 0.274 e. The fraction of sp³-hybridized carbons (Fsp3) is 0.381. The summed E-state index contributed by atoms with van der Waals surface area (Å²) in [5.41, 5.74) is 2.22. The van der Waals surface area contributed by atoms with Crippen molar-refractivity contribution in [2.75, 3.05) is 6.54 Å². The van der Waals surface area contributed by atoms with Crippen LogP contribution in [0, 0.1) is 5.92 Å². The van der Waals surface area contributed by atoms with Gasteiger partial charge in [-0.15, -0.1) is 11.3 Å². The Bertz CT molecular complexity index is 865. The number of allylic oxidation sites excluding steroid dienone is 3. The molecule has 0 saturated heterocycles.